The van der Waals surface area contributed by atoms with Gasteiger partial charge in [0.2, 0.25) is 0 Å². The van der Waals surface area contributed by atoms with Crippen LogP contribution >= 0.6 is 11.3 Å². The number of ether oxygens (including phenoxy) is 2. The summed E-state index contributed by atoms with van der Waals surface area (Å²) in [6.45, 7) is 3.69. The molecule has 1 atom stereocenters. The van der Waals surface area contributed by atoms with Crippen molar-refractivity contribution in [2.24, 2.45) is 0 Å². The molecule has 0 aliphatic rings. The van der Waals surface area contributed by atoms with Crippen molar-refractivity contribution in [2.45, 2.75) is 20.0 Å². The number of nitrogens with zero attached hydrogens (tertiary/aromatic N) is 1. The second-order valence-electron chi connectivity index (χ2n) is 5.75. The van der Waals surface area contributed by atoms with Gasteiger partial charge in [0.05, 0.1) is 17.8 Å². The first kappa shape index (κ1) is 17.9. The Morgan fingerprint density at radius 1 is 1.08 bits per heavy atom. The second-order valence-corrected chi connectivity index (χ2v) is 6.82. The minimum absolute atomic E-state index is 0.210. The van der Waals surface area contributed by atoms with E-state index in [1.165, 1.54) is 0 Å². The predicted octanol–water partition coefficient (Wildman–Crippen LogP) is 4.53. The highest BCUT2D eigenvalue weighted by Gasteiger charge is 2.15. The van der Waals surface area contributed by atoms with Crippen molar-refractivity contribution in [2.75, 3.05) is 12.4 Å². The molecule has 6 heteroatoms. The number of aromatic nitrogens is 1. The first-order chi connectivity index (χ1) is 12.5. The molecule has 1 aromatic heterocycles. The summed E-state index contributed by atoms with van der Waals surface area (Å²) in [6.07, 6.45) is -0.621. The van der Waals surface area contributed by atoms with Gasteiger partial charge in [0.25, 0.3) is 5.91 Å². The Morgan fingerprint density at radius 3 is 2.31 bits per heavy atom. The normalized spacial score (nSPS) is 11.7. The van der Waals surface area contributed by atoms with Gasteiger partial charge in [0, 0.05) is 16.6 Å². The van der Waals surface area contributed by atoms with E-state index < -0.39 is 6.10 Å². The Hall–Kier alpha value is -2.86. The number of methoxy groups -OCH3 is 1. The van der Waals surface area contributed by atoms with Crippen molar-refractivity contribution >= 4 is 22.9 Å². The average Bonchev–Trinajstić information content (AvgIpc) is 3.09. The van der Waals surface area contributed by atoms with Crippen LogP contribution in [0.5, 0.6) is 11.5 Å². The molecule has 0 aliphatic carbocycles. The smallest absolute Gasteiger partial charge is 0.265 e. The van der Waals surface area contributed by atoms with Crippen LogP contribution < -0.4 is 14.8 Å². The molecular formula is C20H20N2O3S. The summed E-state index contributed by atoms with van der Waals surface area (Å²) in [4.78, 5) is 16.8. The van der Waals surface area contributed by atoms with Crippen LogP contribution in [-0.2, 0) is 4.79 Å². The van der Waals surface area contributed by atoms with Crippen LogP contribution in [0, 0.1) is 6.92 Å². The van der Waals surface area contributed by atoms with Crippen molar-refractivity contribution in [1.82, 2.24) is 4.98 Å². The maximum absolute atomic E-state index is 12.3. The highest BCUT2D eigenvalue weighted by Crippen LogP contribution is 2.23. The molecule has 3 aromatic rings. The summed E-state index contributed by atoms with van der Waals surface area (Å²) < 4.78 is 10.8. The average molecular weight is 368 g/mol. The van der Waals surface area contributed by atoms with Gasteiger partial charge in [0.1, 0.15) is 11.5 Å². The van der Waals surface area contributed by atoms with Gasteiger partial charge in [-0.15, -0.1) is 11.3 Å². The predicted molar refractivity (Wildman–Crippen MR) is 104 cm³/mol. The fourth-order valence-electron chi connectivity index (χ4n) is 2.38. The SMILES string of the molecule is COc1ccc(OC(C)C(=O)Nc2ccc(-c3csc(C)n3)cc2)cc1. The Balaban J connectivity index is 1.59. The maximum Gasteiger partial charge on any atom is 0.265 e. The number of carbonyl (C=O) groups excluding carboxylic acids is 1. The van der Waals surface area contributed by atoms with E-state index in [0.29, 0.717) is 5.75 Å². The number of thiazole rings is 1. The molecule has 0 fully saturated rings. The van der Waals surface area contributed by atoms with Crippen LogP contribution in [0.1, 0.15) is 11.9 Å². The molecule has 1 amide bonds. The van der Waals surface area contributed by atoms with Gasteiger partial charge >= 0.3 is 0 Å². The third-order valence-corrected chi connectivity index (χ3v) is 4.58. The highest BCUT2D eigenvalue weighted by atomic mass is 32.1. The standard InChI is InChI=1S/C20H20N2O3S/c1-13(25-18-10-8-17(24-3)9-11-18)20(23)22-16-6-4-15(5-7-16)19-12-26-14(2)21-19/h4-13H,1-3H3,(H,22,23). The summed E-state index contributed by atoms with van der Waals surface area (Å²) in [6, 6.07) is 14.7. The van der Waals surface area contributed by atoms with Crippen LogP contribution in [0.2, 0.25) is 0 Å². The number of nitrogens with one attached hydrogen (secondary N) is 1. The van der Waals surface area contributed by atoms with E-state index in [9.17, 15) is 4.79 Å². The Labute approximate surface area is 156 Å². The van der Waals surface area contributed by atoms with E-state index >= 15 is 0 Å². The fourth-order valence-corrected chi connectivity index (χ4v) is 3.00. The monoisotopic (exact) mass is 368 g/mol. The van der Waals surface area contributed by atoms with Crippen molar-refractivity contribution in [3.63, 3.8) is 0 Å². The highest BCUT2D eigenvalue weighted by molar-refractivity contribution is 7.09. The fraction of sp³-hybridized carbons (Fsp3) is 0.200. The minimum atomic E-state index is -0.621. The summed E-state index contributed by atoms with van der Waals surface area (Å²) in [5.74, 6) is 1.14. The lowest BCUT2D eigenvalue weighted by atomic mass is 10.1. The summed E-state index contributed by atoms with van der Waals surface area (Å²) in [7, 11) is 1.60. The number of hydrogen-bond acceptors (Lipinski definition) is 5. The number of rotatable bonds is 6. The maximum atomic E-state index is 12.3. The molecule has 0 bridgehead atoms. The summed E-state index contributed by atoms with van der Waals surface area (Å²) in [5.41, 5.74) is 2.69. The van der Waals surface area contributed by atoms with E-state index in [0.717, 1.165) is 27.7 Å². The molecule has 1 heterocycles. The molecular weight excluding hydrogens is 348 g/mol. The Kier molecular flexibility index (Phi) is 5.53. The van der Waals surface area contributed by atoms with Crippen LogP contribution in [-0.4, -0.2) is 24.1 Å². The number of carbonyl (C=O) groups is 1. The minimum Gasteiger partial charge on any atom is -0.497 e. The van der Waals surface area contributed by atoms with Crippen molar-refractivity contribution in [3.8, 4) is 22.8 Å². The number of benzene rings is 2. The molecule has 2 aromatic carbocycles. The van der Waals surface area contributed by atoms with Gasteiger partial charge in [-0.1, -0.05) is 12.1 Å². The number of anilines is 1. The number of aryl methyl sites for hydroxylation is 1. The number of amides is 1. The molecule has 3 rings (SSSR count). The van der Waals surface area contributed by atoms with Gasteiger partial charge in [0.15, 0.2) is 6.10 Å². The van der Waals surface area contributed by atoms with Crippen LogP contribution in [0.4, 0.5) is 5.69 Å². The lowest BCUT2D eigenvalue weighted by Gasteiger charge is -2.15. The zero-order chi connectivity index (χ0) is 18.5. The third kappa shape index (κ3) is 4.40. The van der Waals surface area contributed by atoms with E-state index in [4.69, 9.17) is 9.47 Å². The molecule has 0 aliphatic heterocycles. The zero-order valence-electron chi connectivity index (χ0n) is 14.9. The lowest BCUT2D eigenvalue weighted by molar-refractivity contribution is -0.122. The topological polar surface area (TPSA) is 60.5 Å². The molecule has 134 valence electrons. The molecule has 5 nitrogen and oxygen atoms in total. The summed E-state index contributed by atoms with van der Waals surface area (Å²) in [5, 5.41) is 5.91. The quantitative estimate of drug-likeness (QED) is 0.694. The lowest BCUT2D eigenvalue weighted by Crippen LogP contribution is -2.30. The summed E-state index contributed by atoms with van der Waals surface area (Å²) >= 11 is 1.62. The molecule has 0 saturated carbocycles. The van der Waals surface area contributed by atoms with E-state index in [1.807, 2.05) is 36.6 Å². The molecule has 26 heavy (non-hydrogen) atoms. The molecule has 1 N–H and O–H groups in total. The first-order valence-electron chi connectivity index (χ1n) is 8.19. The van der Waals surface area contributed by atoms with Crippen molar-refractivity contribution in [1.29, 1.82) is 0 Å². The molecule has 1 unspecified atom stereocenters. The van der Waals surface area contributed by atoms with Crippen LogP contribution in [0.3, 0.4) is 0 Å². The van der Waals surface area contributed by atoms with E-state index in [1.54, 1.807) is 49.6 Å². The van der Waals surface area contributed by atoms with Gasteiger partial charge in [-0.25, -0.2) is 4.98 Å². The molecule has 0 spiro atoms. The van der Waals surface area contributed by atoms with Gasteiger partial charge in [-0.2, -0.15) is 0 Å². The van der Waals surface area contributed by atoms with Gasteiger partial charge in [-0.3, -0.25) is 4.79 Å². The second kappa shape index (κ2) is 8.01. The van der Waals surface area contributed by atoms with E-state index in [2.05, 4.69) is 10.3 Å². The molecule has 0 radical (unpaired) electrons. The van der Waals surface area contributed by atoms with Gasteiger partial charge < -0.3 is 14.8 Å². The largest absolute Gasteiger partial charge is 0.497 e. The van der Waals surface area contributed by atoms with Crippen LogP contribution in [0.15, 0.2) is 53.9 Å². The zero-order valence-corrected chi connectivity index (χ0v) is 15.7. The third-order valence-electron chi connectivity index (χ3n) is 3.81. The Morgan fingerprint density at radius 2 is 1.73 bits per heavy atom. The van der Waals surface area contributed by atoms with Crippen molar-refractivity contribution < 1.29 is 14.3 Å². The van der Waals surface area contributed by atoms with Gasteiger partial charge in [-0.05, 0) is 50.2 Å². The van der Waals surface area contributed by atoms with Crippen molar-refractivity contribution in [3.05, 3.63) is 58.9 Å². The first-order valence-corrected chi connectivity index (χ1v) is 9.07. The van der Waals surface area contributed by atoms with Crippen LogP contribution in [0.25, 0.3) is 11.3 Å². The molecule has 0 saturated heterocycles. The Bertz CT molecular complexity index is 873. The number of hydrogen-bond donors (Lipinski definition) is 1. The van der Waals surface area contributed by atoms with E-state index in [-0.39, 0.29) is 5.91 Å².